The average molecular weight is 425 g/mol. The lowest BCUT2D eigenvalue weighted by molar-refractivity contribution is -0.121. The van der Waals surface area contributed by atoms with Gasteiger partial charge < -0.3 is 14.8 Å². The monoisotopic (exact) mass is 425 g/mol. The van der Waals surface area contributed by atoms with Crippen LogP contribution in [0.2, 0.25) is 0 Å². The molecule has 6 heteroatoms. The van der Waals surface area contributed by atoms with E-state index in [-0.39, 0.29) is 18.1 Å². The van der Waals surface area contributed by atoms with Gasteiger partial charge in [-0.1, -0.05) is 36.4 Å². The summed E-state index contributed by atoms with van der Waals surface area (Å²) in [6.07, 6.45) is 0.996. The Morgan fingerprint density at radius 1 is 0.935 bits per heavy atom. The third-order valence-corrected chi connectivity index (χ3v) is 5.02. The van der Waals surface area contributed by atoms with Gasteiger partial charge in [0.25, 0.3) is 0 Å². The number of nitrogens with one attached hydrogen (secondary N) is 1. The zero-order valence-electron chi connectivity index (χ0n) is 17.5. The topological polar surface area (TPSA) is 47.6 Å². The lowest BCUT2D eigenvalue weighted by Gasteiger charge is -2.20. The normalized spacial score (nSPS) is 11.6. The van der Waals surface area contributed by atoms with Crippen LogP contribution in [0.3, 0.4) is 0 Å². The largest absolute Gasteiger partial charge is 0.493 e. The first-order valence-corrected chi connectivity index (χ1v) is 9.99. The standard InChI is InChI=1S/C25H25F2NO3/c1-30-23-11-5-7-18(25(23)31-2)12-13-24(29)28-22(19-8-4-10-21(27)16-19)15-17-6-3-9-20(26)14-17/h3-11,14,16,22H,12-13,15H2,1-2H3,(H,28,29). The van der Waals surface area contributed by atoms with Crippen molar-refractivity contribution < 1.29 is 23.0 Å². The van der Waals surface area contributed by atoms with Crippen LogP contribution in [0.1, 0.15) is 29.2 Å². The minimum Gasteiger partial charge on any atom is -0.493 e. The number of rotatable bonds is 9. The van der Waals surface area contributed by atoms with Gasteiger partial charge in [-0.15, -0.1) is 0 Å². The highest BCUT2D eigenvalue weighted by Crippen LogP contribution is 2.31. The van der Waals surface area contributed by atoms with Gasteiger partial charge in [0.05, 0.1) is 20.3 Å². The van der Waals surface area contributed by atoms with Crippen LogP contribution in [0, 0.1) is 11.6 Å². The molecule has 0 bridgehead atoms. The summed E-state index contributed by atoms with van der Waals surface area (Å²) in [5.41, 5.74) is 2.19. The van der Waals surface area contributed by atoms with Crippen LogP contribution in [-0.2, 0) is 17.6 Å². The van der Waals surface area contributed by atoms with E-state index in [9.17, 15) is 13.6 Å². The number of benzene rings is 3. The summed E-state index contributed by atoms with van der Waals surface area (Å²) in [7, 11) is 3.12. The molecule has 0 heterocycles. The summed E-state index contributed by atoms with van der Waals surface area (Å²) < 4.78 is 38.1. The van der Waals surface area contributed by atoms with E-state index in [1.807, 2.05) is 12.1 Å². The summed E-state index contributed by atoms with van der Waals surface area (Å²) in [6, 6.07) is 17.3. The average Bonchev–Trinajstić information content (AvgIpc) is 2.77. The predicted molar refractivity (Wildman–Crippen MR) is 115 cm³/mol. The summed E-state index contributed by atoms with van der Waals surface area (Å²) in [4.78, 5) is 12.7. The first kappa shape index (κ1) is 22.3. The molecule has 0 radical (unpaired) electrons. The third-order valence-electron chi connectivity index (χ3n) is 5.02. The molecule has 0 aliphatic rings. The van der Waals surface area contributed by atoms with Crippen LogP contribution >= 0.6 is 0 Å². The van der Waals surface area contributed by atoms with Crippen molar-refractivity contribution in [2.75, 3.05) is 14.2 Å². The van der Waals surface area contributed by atoms with E-state index >= 15 is 0 Å². The van der Waals surface area contributed by atoms with E-state index in [4.69, 9.17) is 9.47 Å². The molecular formula is C25H25F2NO3. The van der Waals surface area contributed by atoms with E-state index in [1.165, 1.54) is 24.3 Å². The predicted octanol–water partition coefficient (Wildman–Crippen LogP) is 5.01. The number of aryl methyl sites for hydroxylation is 1. The molecule has 1 atom stereocenters. The Bertz CT molecular complexity index is 1040. The molecule has 31 heavy (non-hydrogen) atoms. The Hall–Kier alpha value is -3.41. The maximum absolute atomic E-state index is 13.8. The molecule has 1 N–H and O–H groups in total. The second-order valence-corrected chi connectivity index (χ2v) is 7.16. The molecule has 0 aliphatic carbocycles. The molecular weight excluding hydrogens is 400 g/mol. The fourth-order valence-electron chi connectivity index (χ4n) is 3.54. The van der Waals surface area contributed by atoms with Crippen molar-refractivity contribution in [1.82, 2.24) is 5.32 Å². The summed E-state index contributed by atoms with van der Waals surface area (Å²) >= 11 is 0. The number of ether oxygens (including phenoxy) is 2. The minimum absolute atomic E-state index is 0.199. The van der Waals surface area contributed by atoms with E-state index < -0.39 is 11.9 Å². The summed E-state index contributed by atoms with van der Waals surface area (Å²) in [5, 5.41) is 2.96. The Balaban J connectivity index is 1.74. The van der Waals surface area contributed by atoms with E-state index in [0.717, 1.165) is 5.56 Å². The van der Waals surface area contributed by atoms with Crippen molar-refractivity contribution >= 4 is 5.91 Å². The molecule has 3 aromatic rings. The van der Waals surface area contributed by atoms with Crippen molar-refractivity contribution in [2.24, 2.45) is 0 Å². The number of hydrogen-bond acceptors (Lipinski definition) is 3. The van der Waals surface area contributed by atoms with E-state index in [1.54, 1.807) is 44.6 Å². The molecule has 1 unspecified atom stereocenters. The van der Waals surface area contributed by atoms with E-state index in [2.05, 4.69) is 5.32 Å². The van der Waals surface area contributed by atoms with Gasteiger partial charge >= 0.3 is 0 Å². The lowest BCUT2D eigenvalue weighted by atomic mass is 9.98. The molecule has 3 aromatic carbocycles. The quantitative estimate of drug-likeness (QED) is 0.524. The molecule has 0 saturated carbocycles. The lowest BCUT2D eigenvalue weighted by Crippen LogP contribution is -2.30. The molecule has 162 valence electrons. The Kier molecular flexibility index (Phi) is 7.60. The first-order chi connectivity index (χ1) is 15.0. The minimum atomic E-state index is -0.489. The van der Waals surface area contributed by atoms with Gasteiger partial charge in [0, 0.05) is 6.42 Å². The molecule has 4 nitrogen and oxygen atoms in total. The summed E-state index contributed by atoms with van der Waals surface area (Å²) in [5.74, 6) is 0.253. The number of carbonyl (C=O) groups excluding carboxylic acids is 1. The van der Waals surface area contributed by atoms with Crippen molar-refractivity contribution in [3.8, 4) is 11.5 Å². The van der Waals surface area contributed by atoms with Gasteiger partial charge in [0.15, 0.2) is 11.5 Å². The van der Waals surface area contributed by atoms with Gasteiger partial charge in [0.2, 0.25) is 5.91 Å². The SMILES string of the molecule is COc1cccc(CCC(=O)NC(Cc2cccc(F)c2)c2cccc(F)c2)c1OC. The Morgan fingerprint density at radius 3 is 2.32 bits per heavy atom. The fourth-order valence-corrected chi connectivity index (χ4v) is 3.54. The Morgan fingerprint density at radius 2 is 1.65 bits per heavy atom. The molecule has 0 spiro atoms. The Labute approximate surface area is 180 Å². The maximum Gasteiger partial charge on any atom is 0.220 e. The van der Waals surface area contributed by atoms with Gasteiger partial charge in [0.1, 0.15) is 11.6 Å². The highest BCUT2D eigenvalue weighted by atomic mass is 19.1. The van der Waals surface area contributed by atoms with Crippen molar-refractivity contribution in [1.29, 1.82) is 0 Å². The number of para-hydroxylation sites is 1. The van der Waals surface area contributed by atoms with Crippen LogP contribution in [0.25, 0.3) is 0 Å². The van der Waals surface area contributed by atoms with Crippen LogP contribution < -0.4 is 14.8 Å². The number of carbonyl (C=O) groups is 1. The molecule has 0 saturated heterocycles. The number of hydrogen-bond donors (Lipinski definition) is 1. The highest BCUT2D eigenvalue weighted by molar-refractivity contribution is 5.77. The molecule has 0 fully saturated rings. The van der Waals surface area contributed by atoms with E-state index in [0.29, 0.717) is 35.5 Å². The van der Waals surface area contributed by atoms with Crippen LogP contribution in [0.4, 0.5) is 8.78 Å². The molecule has 0 aliphatic heterocycles. The van der Waals surface area contributed by atoms with Gasteiger partial charge in [-0.2, -0.15) is 0 Å². The number of methoxy groups -OCH3 is 2. The summed E-state index contributed by atoms with van der Waals surface area (Å²) in [6.45, 7) is 0. The maximum atomic E-state index is 13.8. The molecule has 3 rings (SSSR count). The second kappa shape index (κ2) is 10.6. The first-order valence-electron chi connectivity index (χ1n) is 9.99. The van der Waals surface area contributed by atoms with Crippen molar-refractivity contribution in [2.45, 2.75) is 25.3 Å². The number of amides is 1. The van der Waals surface area contributed by atoms with Crippen molar-refractivity contribution in [3.63, 3.8) is 0 Å². The molecule has 0 aromatic heterocycles. The zero-order valence-corrected chi connectivity index (χ0v) is 17.5. The number of halogens is 2. The second-order valence-electron chi connectivity index (χ2n) is 7.16. The zero-order chi connectivity index (χ0) is 22.2. The van der Waals surface area contributed by atoms with Crippen LogP contribution in [0.5, 0.6) is 11.5 Å². The smallest absolute Gasteiger partial charge is 0.220 e. The van der Waals surface area contributed by atoms with Crippen molar-refractivity contribution in [3.05, 3.63) is 95.1 Å². The van der Waals surface area contributed by atoms with Gasteiger partial charge in [-0.3, -0.25) is 4.79 Å². The van der Waals surface area contributed by atoms with Gasteiger partial charge in [-0.05, 0) is 59.9 Å². The van der Waals surface area contributed by atoms with Crippen LogP contribution in [0.15, 0.2) is 66.7 Å². The fraction of sp³-hybridized carbons (Fsp3) is 0.240. The van der Waals surface area contributed by atoms with Crippen LogP contribution in [-0.4, -0.2) is 20.1 Å². The molecule has 1 amide bonds. The third kappa shape index (κ3) is 6.04. The highest BCUT2D eigenvalue weighted by Gasteiger charge is 2.18. The van der Waals surface area contributed by atoms with Gasteiger partial charge in [-0.25, -0.2) is 8.78 Å².